The second-order valence-corrected chi connectivity index (χ2v) is 9.05. The van der Waals surface area contributed by atoms with Gasteiger partial charge in [0.05, 0.1) is 36.4 Å². The van der Waals surface area contributed by atoms with E-state index in [1.54, 1.807) is 4.31 Å². The van der Waals surface area contributed by atoms with Crippen molar-refractivity contribution in [2.45, 2.75) is 36.5 Å². The molecule has 1 aromatic rings. The van der Waals surface area contributed by atoms with Crippen LogP contribution in [0.15, 0.2) is 12.4 Å². The Morgan fingerprint density at radius 2 is 1.96 bits per heavy atom. The summed E-state index contributed by atoms with van der Waals surface area (Å²) in [5.74, 6) is -0.0117. The summed E-state index contributed by atoms with van der Waals surface area (Å²) < 4.78 is 45.8. The van der Waals surface area contributed by atoms with Gasteiger partial charge in [0, 0.05) is 19.6 Å². The third-order valence-corrected chi connectivity index (χ3v) is 7.29. The molecule has 3 heterocycles. The summed E-state index contributed by atoms with van der Waals surface area (Å²) in [4.78, 5) is 10.0. The summed E-state index contributed by atoms with van der Waals surface area (Å²) in [5, 5.41) is -0.201. The van der Waals surface area contributed by atoms with E-state index < -0.39 is 21.4 Å². The average Bonchev–Trinajstić information content (AvgIpc) is 3.41. The first-order valence-corrected chi connectivity index (χ1v) is 9.84. The molecule has 0 amide bonds. The summed E-state index contributed by atoms with van der Waals surface area (Å²) in [6.07, 6.45) is 5.49. The van der Waals surface area contributed by atoms with Crippen LogP contribution in [-0.2, 0) is 14.8 Å². The van der Waals surface area contributed by atoms with Gasteiger partial charge in [-0.25, -0.2) is 22.8 Å². The predicted octanol–water partition coefficient (Wildman–Crippen LogP) is 0.779. The number of hydrogen-bond donors (Lipinski definition) is 0. The van der Waals surface area contributed by atoms with E-state index in [0.29, 0.717) is 32.2 Å². The average molecular weight is 356 g/mol. The first kappa shape index (κ1) is 16.2. The number of anilines is 1. The third-order valence-electron chi connectivity index (χ3n) is 4.95. The zero-order chi connectivity index (χ0) is 16.8. The number of sulfonamides is 1. The van der Waals surface area contributed by atoms with E-state index >= 15 is 0 Å². The quantitative estimate of drug-likeness (QED) is 0.797. The monoisotopic (exact) mass is 356 g/mol. The molecule has 0 unspecified atom stereocenters. The minimum absolute atomic E-state index is 0.201. The van der Waals surface area contributed by atoms with E-state index in [9.17, 15) is 12.8 Å². The maximum atomic E-state index is 13.0. The van der Waals surface area contributed by atoms with Crippen molar-refractivity contribution in [1.29, 1.82) is 0 Å². The molecule has 0 N–H and O–H groups in total. The van der Waals surface area contributed by atoms with Crippen LogP contribution < -0.4 is 4.90 Å². The van der Waals surface area contributed by atoms with Gasteiger partial charge in [-0.2, -0.15) is 4.31 Å². The number of aromatic nitrogens is 2. The highest BCUT2D eigenvalue weighted by atomic mass is 32.2. The van der Waals surface area contributed by atoms with Crippen molar-refractivity contribution in [3.05, 3.63) is 18.2 Å². The predicted molar refractivity (Wildman–Crippen MR) is 85.6 cm³/mol. The lowest BCUT2D eigenvalue weighted by Crippen LogP contribution is -2.61. The molecule has 0 radical (unpaired) electrons. The highest BCUT2D eigenvalue weighted by Crippen LogP contribution is 2.36. The van der Waals surface area contributed by atoms with Crippen LogP contribution in [-0.4, -0.2) is 66.3 Å². The molecular weight excluding hydrogens is 335 g/mol. The second kappa shape index (κ2) is 5.89. The van der Waals surface area contributed by atoms with Gasteiger partial charge in [0.25, 0.3) is 0 Å². The standard InChI is InChI=1S/C15H21FN4O3S/c16-12-8-17-14(18-9-12)19-5-1-4-15(10-19)11-20(6-7-23-15)24(21,22)13-2-3-13/h8-9,13H,1-7,10-11H2/t15-/m1/s1. The van der Waals surface area contributed by atoms with Gasteiger partial charge in [0.15, 0.2) is 5.82 Å². The SMILES string of the molecule is O=S(=O)(C1CC1)N1CCO[C@@]2(CCCN(c3ncc(F)cn3)C2)C1. The van der Waals surface area contributed by atoms with Crippen LogP contribution in [0.3, 0.4) is 0 Å². The molecule has 1 atom stereocenters. The number of morpholine rings is 1. The minimum atomic E-state index is -3.20. The van der Waals surface area contributed by atoms with Crippen molar-refractivity contribution in [2.75, 3.05) is 37.7 Å². The first-order chi connectivity index (χ1) is 11.5. The molecule has 3 fully saturated rings. The molecule has 24 heavy (non-hydrogen) atoms. The molecule has 9 heteroatoms. The molecule has 0 bridgehead atoms. The van der Waals surface area contributed by atoms with Crippen LogP contribution in [0.1, 0.15) is 25.7 Å². The van der Waals surface area contributed by atoms with E-state index in [0.717, 1.165) is 44.6 Å². The maximum Gasteiger partial charge on any atom is 0.225 e. The normalized spacial score (nSPS) is 29.1. The van der Waals surface area contributed by atoms with E-state index in [2.05, 4.69) is 9.97 Å². The zero-order valence-electron chi connectivity index (χ0n) is 13.4. The van der Waals surface area contributed by atoms with Crippen molar-refractivity contribution in [2.24, 2.45) is 0 Å². The maximum absolute atomic E-state index is 13.0. The fourth-order valence-corrected chi connectivity index (χ4v) is 5.49. The Balaban J connectivity index is 1.52. The van der Waals surface area contributed by atoms with Crippen LogP contribution in [0.4, 0.5) is 10.3 Å². The van der Waals surface area contributed by atoms with Gasteiger partial charge in [0.1, 0.15) is 0 Å². The fourth-order valence-electron chi connectivity index (χ4n) is 3.59. The lowest BCUT2D eigenvalue weighted by atomic mass is 9.91. The highest BCUT2D eigenvalue weighted by molar-refractivity contribution is 7.90. The van der Waals surface area contributed by atoms with E-state index in [1.165, 1.54) is 0 Å². The van der Waals surface area contributed by atoms with Gasteiger partial charge in [-0.15, -0.1) is 0 Å². The second-order valence-electron chi connectivity index (χ2n) is 6.84. The van der Waals surface area contributed by atoms with Gasteiger partial charge < -0.3 is 9.64 Å². The van der Waals surface area contributed by atoms with Gasteiger partial charge >= 0.3 is 0 Å². The van der Waals surface area contributed by atoms with Crippen LogP contribution in [0.2, 0.25) is 0 Å². The Labute approximate surface area is 140 Å². The first-order valence-electron chi connectivity index (χ1n) is 8.34. The molecule has 132 valence electrons. The van der Waals surface area contributed by atoms with E-state index in [4.69, 9.17) is 4.74 Å². The Morgan fingerprint density at radius 1 is 1.21 bits per heavy atom. The summed E-state index contributed by atoms with van der Waals surface area (Å²) in [6, 6.07) is 0. The highest BCUT2D eigenvalue weighted by Gasteiger charge is 2.47. The molecule has 1 spiro atoms. The Morgan fingerprint density at radius 3 is 2.67 bits per heavy atom. The molecule has 1 saturated carbocycles. The summed E-state index contributed by atoms with van der Waals surface area (Å²) in [6.45, 7) is 2.49. The molecule has 2 saturated heterocycles. The van der Waals surface area contributed by atoms with Gasteiger partial charge in [0.2, 0.25) is 16.0 Å². The smallest absolute Gasteiger partial charge is 0.225 e. The number of halogens is 1. The van der Waals surface area contributed by atoms with Crippen molar-refractivity contribution in [1.82, 2.24) is 14.3 Å². The van der Waals surface area contributed by atoms with Gasteiger partial charge in [-0.3, -0.25) is 0 Å². The Kier molecular flexibility index (Phi) is 3.97. The molecule has 1 aromatic heterocycles. The number of ether oxygens (including phenoxy) is 1. The van der Waals surface area contributed by atoms with E-state index in [-0.39, 0.29) is 5.25 Å². The largest absolute Gasteiger partial charge is 0.370 e. The summed E-state index contributed by atoms with van der Waals surface area (Å²) >= 11 is 0. The van der Waals surface area contributed by atoms with Crippen LogP contribution in [0.5, 0.6) is 0 Å². The molecule has 2 aliphatic heterocycles. The lowest BCUT2D eigenvalue weighted by molar-refractivity contribution is -0.0952. The Bertz CT molecular complexity index is 706. The molecule has 3 aliphatic rings. The van der Waals surface area contributed by atoms with Crippen LogP contribution in [0, 0.1) is 5.82 Å². The molecule has 4 rings (SSSR count). The van der Waals surface area contributed by atoms with Crippen LogP contribution in [0.25, 0.3) is 0 Å². The zero-order valence-corrected chi connectivity index (χ0v) is 14.2. The lowest BCUT2D eigenvalue weighted by Gasteiger charge is -2.47. The molecule has 1 aliphatic carbocycles. The fraction of sp³-hybridized carbons (Fsp3) is 0.733. The number of piperidine rings is 1. The molecular formula is C15H21FN4O3S. The number of hydrogen-bond acceptors (Lipinski definition) is 6. The van der Waals surface area contributed by atoms with Crippen molar-refractivity contribution < 1.29 is 17.5 Å². The number of nitrogens with zero attached hydrogens (tertiary/aromatic N) is 4. The topological polar surface area (TPSA) is 75.6 Å². The van der Waals surface area contributed by atoms with Crippen molar-refractivity contribution >= 4 is 16.0 Å². The van der Waals surface area contributed by atoms with Gasteiger partial charge in [-0.1, -0.05) is 0 Å². The van der Waals surface area contributed by atoms with Crippen LogP contribution >= 0.6 is 0 Å². The summed E-state index contributed by atoms with van der Waals surface area (Å²) in [5.41, 5.74) is -0.532. The third kappa shape index (κ3) is 3.00. The van der Waals surface area contributed by atoms with Crippen molar-refractivity contribution in [3.8, 4) is 0 Å². The summed E-state index contributed by atoms with van der Waals surface area (Å²) in [7, 11) is -3.20. The van der Waals surface area contributed by atoms with E-state index in [1.807, 2.05) is 4.90 Å². The van der Waals surface area contributed by atoms with Crippen molar-refractivity contribution in [3.63, 3.8) is 0 Å². The molecule has 7 nitrogen and oxygen atoms in total. The van der Waals surface area contributed by atoms with Gasteiger partial charge in [-0.05, 0) is 25.7 Å². The number of rotatable bonds is 3. The molecule has 0 aromatic carbocycles. The Hall–Kier alpha value is -1.32. The minimum Gasteiger partial charge on any atom is -0.370 e.